The monoisotopic (exact) mass is 222 g/mol. The van der Waals surface area contributed by atoms with E-state index in [1.165, 1.54) is 37.7 Å². The Hall–Kier alpha value is -0.300. The number of rotatable bonds is 0. The average molecular weight is 222 g/mol. The van der Waals surface area contributed by atoms with E-state index in [0.717, 1.165) is 11.8 Å². The summed E-state index contributed by atoms with van der Waals surface area (Å²) in [6.07, 6.45) is 6.51. The lowest BCUT2D eigenvalue weighted by atomic mass is 9.71. The highest BCUT2D eigenvalue weighted by Gasteiger charge is 2.60. The summed E-state index contributed by atoms with van der Waals surface area (Å²) in [5.74, 6) is 1.56. The van der Waals surface area contributed by atoms with Gasteiger partial charge in [-0.15, -0.1) is 0 Å². The number of hydrogen-bond donors (Lipinski definition) is 0. The molecule has 1 heteroatoms. The maximum absolute atomic E-state index is 6.40. The highest BCUT2D eigenvalue weighted by atomic mass is 16.5. The fourth-order valence-electron chi connectivity index (χ4n) is 3.98. The summed E-state index contributed by atoms with van der Waals surface area (Å²) in [5, 5.41) is 0. The quantitative estimate of drug-likeness (QED) is 0.554. The van der Waals surface area contributed by atoms with E-state index in [4.69, 9.17) is 4.74 Å². The zero-order chi connectivity index (χ0) is 12.0. The van der Waals surface area contributed by atoms with Crippen molar-refractivity contribution in [2.24, 2.45) is 11.8 Å². The second-order valence-electron chi connectivity index (χ2n) is 5.91. The van der Waals surface area contributed by atoms with Gasteiger partial charge < -0.3 is 4.74 Å². The van der Waals surface area contributed by atoms with Crippen LogP contribution in [-0.4, -0.2) is 11.2 Å². The van der Waals surface area contributed by atoms with Crippen LogP contribution in [0.3, 0.4) is 0 Å². The van der Waals surface area contributed by atoms with Crippen molar-refractivity contribution in [1.29, 1.82) is 0 Å². The van der Waals surface area contributed by atoms with Gasteiger partial charge in [-0.3, -0.25) is 0 Å². The van der Waals surface area contributed by atoms with Crippen molar-refractivity contribution in [2.45, 2.75) is 71.0 Å². The van der Waals surface area contributed by atoms with Gasteiger partial charge in [0, 0.05) is 0 Å². The fraction of sp³-hybridized carbons (Fsp3) is 0.867. The molecule has 0 amide bonds. The molecule has 2 bridgehead atoms. The molecule has 0 aromatic heterocycles. The van der Waals surface area contributed by atoms with Crippen LogP contribution in [0.4, 0.5) is 0 Å². The summed E-state index contributed by atoms with van der Waals surface area (Å²) in [5.41, 5.74) is 1.59. The molecule has 92 valence electrons. The van der Waals surface area contributed by atoms with Gasteiger partial charge >= 0.3 is 0 Å². The summed E-state index contributed by atoms with van der Waals surface area (Å²) in [6.45, 7) is 12.8. The lowest BCUT2D eigenvalue weighted by Crippen LogP contribution is -2.36. The van der Waals surface area contributed by atoms with Crippen LogP contribution in [0.1, 0.15) is 59.8 Å². The first kappa shape index (κ1) is 12.2. The van der Waals surface area contributed by atoms with Gasteiger partial charge in [-0.2, -0.15) is 0 Å². The van der Waals surface area contributed by atoms with Crippen molar-refractivity contribution >= 4 is 0 Å². The molecule has 3 fully saturated rings. The molecule has 0 aromatic rings. The molecule has 1 nitrogen and oxygen atoms in total. The average Bonchev–Trinajstić information content (AvgIpc) is 2.68. The molecule has 0 radical (unpaired) electrons. The SMILES string of the molecule is C=C1CCC2CCC3CC12OC3(C)C.CC. The zero-order valence-corrected chi connectivity index (χ0v) is 11.3. The van der Waals surface area contributed by atoms with E-state index in [2.05, 4.69) is 20.4 Å². The molecule has 3 rings (SSSR count). The van der Waals surface area contributed by atoms with E-state index in [0.29, 0.717) is 0 Å². The van der Waals surface area contributed by atoms with Gasteiger partial charge in [-0.25, -0.2) is 0 Å². The van der Waals surface area contributed by atoms with Crippen LogP contribution in [0.2, 0.25) is 0 Å². The Morgan fingerprint density at radius 2 is 1.75 bits per heavy atom. The standard InChI is InChI=1S/C13H20O.C2H6/c1-9-4-5-10-6-7-11-8-13(9,10)14-12(11,2)3;1-2/h10-11H,1,4-8H2,2-3H3;1-2H3. The minimum Gasteiger partial charge on any atom is -0.364 e. The van der Waals surface area contributed by atoms with Crippen LogP contribution < -0.4 is 0 Å². The Labute approximate surface area is 100 Å². The highest BCUT2D eigenvalue weighted by molar-refractivity contribution is 5.27. The molecule has 1 spiro atoms. The van der Waals surface area contributed by atoms with Gasteiger partial charge in [0.15, 0.2) is 0 Å². The Kier molecular flexibility index (Phi) is 2.94. The predicted molar refractivity (Wildman–Crippen MR) is 68.4 cm³/mol. The Morgan fingerprint density at radius 3 is 2.44 bits per heavy atom. The molecule has 1 saturated heterocycles. The number of fused-ring (bicyclic) bond motifs is 1. The first-order chi connectivity index (χ1) is 7.55. The van der Waals surface area contributed by atoms with Crippen LogP contribution in [0.5, 0.6) is 0 Å². The normalized spacial score (nSPS) is 43.6. The molecule has 0 N–H and O–H groups in total. The third kappa shape index (κ3) is 1.48. The highest BCUT2D eigenvalue weighted by Crippen LogP contribution is 2.60. The number of ether oxygens (including phenoxy) is 1. The van der Waals surface area contributed by atoms with Crippen molar-refractivity contribution in [2.75, 3.05) is 0 Å². The van der Waals surface area contributed by atoms with Gasteiger partial charge in [0.25, 0.3) is 0 Å². The third-order valence-corrected chi connectivity index (χ3v) is 4.89. The Bertz CT molecular complexity index is 292. The van der Waals surface area contributed by atoms with Crippen LogP contribution in [0.15, 0.2) is 12.2 Å². The Morgan fingerprint density at radius 1 is 1.12 bits per heavy atom. The number of hydrogen-bond acceptors (Lipinski definition) is 1. The summed E-state index contributed by atoms with van der Waals surface area (Å²) < 4.78 is 6.40. The second-order valence-corrected chi connectivity index (χ2v) is 5.91. The molecule has 2 saturated carbocycles. The molecule has 3 aliphatic rings. The van der Waals surface area contributed by atoms with E-state index >= 15 is 0 Å². The predicted octanol–water partition coefficient (Wildman–Crippen LogP) is 4.33. The lowest BCUT2D eigenvalue weighted by Gasteiger charge is -2.35. The van der Waals surface area contributed by atoms with E-state index in [1.807, 2.05) is 13.8 Å². The minimum atomic E-state index is 0.0992. The Balaban J connectivity index is 0.000000457. The van der Waals surface area contributed by atoms with Gasteiger partial charge in [0.2, 0.25) is 0 Å². The summed E-state index contributed by atoms with van der Waals surface area (Å²) in [7, 11) is 0. The largest absolute Gasteiger partial charge is 0.364 e. The molecule has 16 heavy (non-hydrogen) atoms. The van der Waals surface area contributed by atoms with E-state index < -0.39 is 0 Å². The van der Waals surface area contributed by atoms with Crippen molar-refractivity contribution in [3.63, 3.8) is 0 Å². The first-order valence-electron chi connectivity index (χ1n) is 6.93. The van der Waals surface area contributed by atoms with Gasteiger partial charge in [-0.05, 0) is 63.4 Å². The molecule has 3 unspecified atom stereocenters. The molecule has 0 aromatic carbocycles. The molecule has 1 aliphatic heterocycles. The summed E-state index contributed by atoms with van der Waals surface area (Å²) in [6, 6.07) is 0. The van der Waals surface area contributed by atoms with Crippen molar-refractivity contribution in [3.8, 4) is 0 Å². The van der Waals surface area contributed by atoms with Crippen molar-refractivity contribution < 1.29 is 4.74 Å². The summed E-state index contributed by atoms with van der Waals surface area (Å²) in [4.78, 5) is 0. The maximum Gasteiger partial charge on any atom is 0.0928 e. The van der Waals surface area contributed by atoms with Crippen LogP contribution in [-0.2, 0) is 4.74 Å². The minimum absolute atomic E-state index is 0.0992. The molecular formula is C15H26O. The summed E-state index contributed by atoms with van der Waals surface area (Å²) >= 11 is 0. The van der Waals surface area contributed by atoms with Crippen LogP contribution in [0.25, 0.3) is 0 Å². The topological polar surface area (TPSA) is 9.23 Å². The van der Waals surface area contributed by atoms with Crippen LogP contribution >= 0.6 is 0 Å². The van der Waals surface area contributed by atoms with Gasteiger partial charge in [0.05, 0.1) is 11.2 Å². The smallest absolute Gasteiger partial charge is 0.0928 e. The molecule has 3 atom stereocenters. The van der Waals surface area contributed by atoms with Crippen LogP contribution in [0, 0.1) is 11.8 Å². The van der Waals surface area contributed by atoms with E-state index in [9.17, 15) is 0 Å². The molecular weight excluding hydrogens is 196 g/mol. The molecule has 1 heterocycles. The van der Waals surface area contributed by atoms with E-state index in [-0.39, 0.29) is 11.2 Å². The van der Waals surface area contributed by atoms with E-state index in [1.54, 1.807) is 0 Å². The lowest BCUT2D eigenvalue weighted by molar-refractivity contribution is -0.0822. The molecule has 2 aliphatic carbocycles. The maximum atomic E-state index is 6.40. The third-order valence-electron chi connectivity index (χ3n) is 4.89. The first-order valence-corrected chi connectivity index (χ1v) is 6.93. The van der Waals surface area contributed by atoms with Gasteiger partial charge in [-0.1, -0.05) is 20.4 Å². The van der Waals surface area contributed by atoms with Crippen molar-refractivity contribution in [3.05, 3.63) is 12.2 Å². The zero-order valence-electron chi connectivity index (χ0n) is 11.3. The van der Waals surface area contributed by atoms with Crippen molar-refractivity contribution in [1.82, 2.24) is 0 Å². The second kappa shape index (κ2) is 3.87. The fourth-order valence-corrected chi connectivity index (χ4v) is 3.98. The van der Waals surface area contributed by atoms with Gasteiger partial charge in [0.1, 0.15) is 0 Å².